The van der Waals surface area contributed by atoms with Crippen LogP contribution in [0.5, 0.6) is 0 Å². The third-order valence-corrected chi connectivity index (χ3v) is 6.93. The SMILES string of the molecule is CCOC(=O)C(CC)c1ccc(-c2ccc(CF)cc2)c(S(=O)(=O)C(C)C)c1. The number of hydrogen-bond acceptors (Lipinski definition) is 4. The van der Waals surface area contributed by atoms with Crippen molar-refractivity contribution in [1.29, 1.82) is 0 Å². The second-order valence-electron chi connectivity index (χ2n) is 6.89. The van der Waals surface area contributed by atoms with Crippen molar-refractivity contribution in [2.75, 3.05) is 6.61 Å². The van der Waals surface area contributed by atoms with Crippen molar-refractivity contribution >= 4 is 15.8 Å². The molecule has 6 heteroatoms. The Morgan fingerprint density at radius 1 is 1.07 bits per heavy atom. The van der Waals surface area contributed by atoms with Crippen molar-refractivity contribution in [2.24, 2.45) is 0 Å². The lowest BCUT2D eigenvalue weighted by molar-refractivity contribution is -0.145. The highest BCUT2D eigenvalue weighted by molar-refractivity contribution is 7.92. The molecule has 0 bridgehead atoms. The van der Waals surface area contributed by atoms with Crippen LogP contribution in [0.3, 0.4) is 0 Å². The second kappa shape index (κ2) is 9.32. The summed E-state index contributed by atoms with van der Waals surface area (Å²) in [6.07, 6.45) is 0.505. The quantitative estimate of drug-likeness (QED) is 0.575. The van der Waals surface area contributed by atoms with Crippen LogP contribution < -0.4 is 0 Å². The lowest BCUT2D eigenvalue weighted by Crippen LogP contribution is -2.18. The van der Waals surface area contributed by atoms with Gasteiger partial charge in [0.2, 0.25) is 0 Å². The molecule has 4 nitrogen and oxygen atoms in total. The summed E-state index contributed by atoms with van der Waals surface area (Å²) < 4.78 is 44.0. The highest BCUT2D eigenvalue weighted by Gasteiger charge is 2.27. The Morgan fingerprint density at radius 2 is 1.71 bits per heavy atom. The van der Waals surface area contributed by atoms with Gasteiger partial charge in [0.15, 0.2) is 9.84 Å². The van der Waals surface area contributed by atoms with Crippen molar-refractivity contribution in [1.82, 2.24) is 0 Å². The average molecular weight is 407 g/mol. The minimum absolute atomic E-state index is 0.177. The fraction of sp³-hybridized carbons (Fsp3) is 0.409. The molecule has 28 heavy (non-hydrogen) atoms. The van der Waals surface area contributed by atoms with Crippen LogP contribution in [-0.2, 0) is 26.0 Å². The van der Waals surface area contributed by atoms with Gasteiger partial charge in [-0.3, -0.25) is 4.79 Å². The molecule has 152 valence electrons. The van der Waals surface area contributed by atoms with Gasteiger partial charge in [0.05, 0.1) is 22.7 Å². The van der Waals surface area contributed by atoms with Gasteiger partial charge in [0, 0.05) is 5.56 Å². The predicted molar refractivity (Wildman–Crippen MR) is 109 cm³/mol. The first-order valence-corrected chi connectivity index (χ1v) is 11.0. The van der Waals surface area contributed by atoms with E-state index in [1.54, 1.807) is 63.2 Å². The molecule has 0 N–H and O–H groups in total. The van der Waals surface area contributed by atoms with Crippen LogP contribution >= 0.6 is 0 Å². The summed E-state index contributed by atoms with van der Waals surface area (Å²) in [7, 11) is -3.60. The van der Waals surface area contributed by atoms with Crippen molar-refractivity contribution in [2.45, 2.75) is 56.9 Å². The van der Waals surface area contributed by atoms with E-state index in [4.69, 9.17) is 4.74 Å². The molecule has 0 aliphatic heterocycles. The van der Waals surface area contributed by atoms with Crippen LogP contribution in [0.15, 0.2) is 47.4 Å². The van der Waals surface area contributed by atoms with Crippen molar-refractivity contribution < 1.29 is 22.3 Å². The monoisotopic (exact) mass is 406 g/mol. The summed E-state index contributed by atoms with van der Waals surface area (Å²) in [6, 6.07) is 11.8. The Bertz CT molecular complexity index is 918. The summed E-state index contributed by atoms with van der Waals surface area (Å²) >= 11 is 0. The Hall–Kier alpha value is -2.21. The maximum absolute atomic E-state index is 13.0. The van der Waals surface area contributed by atoms with Crippen LogP contribution in [0, 0.1) is 0 Å². The average Bonchev–Trinajstić information content (AvgIpc) is 2.68. The van der Waals surface area contributed by atoms with Crippen LogP contribution in [0.2, 0.25) is 0 Å². The highest BCUT2D eigenvalue weighted by atomic mass is 32.2. The molecule has 0 aromatic heterocycles. The molecule has 0 aliphatic carbocycles. The van der Waals surface area contributed by atoms with Crippen LogP contribution in [0.1, 0.15) is 51.2 Å². The molecule has 0 aliphatic rings. The van der Waals surface area contributed by atoms with E-state index in [-0.39, 0.29) is 17.5 Å². The Balaban J connectivity index is 2.64. The van der Waals surface area contributed by atoms with E-state index in [2.05, 4.69) is 0 Å². The smallest absolute Gasteiger partial charge is 0.313 e. The van der Waals surface area contributed by atoms with E-state index in [9.17, 15) is 17.6 Å². The molecule has 0 amide bonds. The Morgan fingerprint density at radius 3 is 2.21 bits per heavy atom. The van der Waals surface area contributed by atoms with Gasteiger partial charge in [-0.25, -0.2) is 12.8 Å². The zero-order chi connectivity index (χ0) is 20.9. The first-order chi connectivity index (χ1) is 13.3. The summed E-state index contributed by atoms with van der Waals surface area (Å²) in [5.74, 6) is -0.887. The molecule has 1 unspecified atom stereocenters. The molecule has 0 saturated heterocycles. The third-order valence-electron chi connectivity index (χ3n) is 4.73. The maximum atomic E-state index is 13.0. The summed E-state index contributed by atoms with van der Waals surface area (Å²) in [5.41, 5.74) is 2.38. The number of carbonyl (C=O) groups is 1. The van der Waals surface area contributed by atoms with Crippen molar-refractivity contribution in [3.05, 3.63) is 53.6 Å². The Labute approximate surface area is 166 Å². The minimum Gasteiger partial charge on any atom is -0.466 e. The molecule has 0 fully saturated rings. The molecule has 2 rings (SSSR count). The van der Waals surface area contributed by atoms with Crippen LogP contribution in [-0.4, -0.2) is 26.2 Å². The fourth-order valence-corrected chi connectivity index (χ4v) is 4.34. The summed E-state index contributed by atoms with van der Waals surface area (Å²) in [6.45, 7) is 6.55. The van der Waals surface area contributed by atoms with Crippen LogP contribution in [0.4, 0.5) is 4.39 Å². The van der Waals surface area contributed by atoms with Gasteiger partial charge < -0.3 is 4.74 Å². The van der Waals surface area contributed by atoms with Gasteiger partial charge in [-0.05, 0) is 49.9 Å². The van der Waals surface area contributed by atoms with Gasteiger partial charge in [-0.1, -0.05) is 43.3 Å². The van der Waals surface area contributed by atoms with E-state index in [1.807, 2.05) is 6.92 Å². The number of carbonyl (C=O) groups excluding carboxylic acids is 1. The predicted octanol–water partition coefficient (Wildman–Crippen LogP) is 5.06. The standard InChI is InChI=1S/C22H27FO4S/c1-5-19(22(24)27-6-2)18-11-12-20(17-9-7-16(14-23)8-10-17)21(13-18)28(25,26)15(3)4/h7-13,15,19H,5-6,14H2,1-4H3. The van der Waals surface area contributed by atoms with Gasteiger partial charge in [-0.15, -0.1) is 0 Å². The fourth-order valence-electron chi connectivity index (χ4n) is 3.04. The zero-order valence-electron chi connectivity index (χ0n) is 16.7. The molecule has 2 aromatic carbocycles. The summed E-state index contributed by atoms with van der Waals surface area (Å²) in [4.78, 5) is 12.5. The molecule has 0 radical (unpaired) electrons. The second-order valence-corrected chi connectivity index (χ2v) is 9.37. The molecule has 0 saturated carbocycles. The molecule has 0 spiro atoms. The normalized spacial score (nSPS) is 12.8. The van der Waals surface area contributed by atoms with Gasteiger partial charge >= 0.3 is 5.97 Å². The van der Waals surface area contributed by atoms with Gasteiger partial charge in [0.25, 0.3) is 0 Å². The lowest BCUT2D eigenvalue weighted by atomic mass is 9.94. The molecular formula is C22H27FO4S. The van der Waals surface area contributed by atoms with E-state index >= 15 is 0 Å². The van der Waals surface area contributed by atoms with E-state index in [0.717, 1.165) is 0 Å². The Kier molecular flexibility index (Phi) is 7.35. The first kappa shape index (κ1) is 22.1. The number of benzene rings is 2. The lowest BCUT2D eigenvalue weighted by Gasteiger charge is -2.19. The number of ether oxygens (including phenoxy) is 1. The maximum Gasteiger partial charge on any atom is 0.313 e. The largest absolute Gasteiger partial charge is 0.466 e. The topological polar surface area (TPSA) is 60.4 Å². The minimum atomic E-state index is -3.60. The third kappa shape index (κ3) is 4.61. The number of halogens is 1. The number of esters is 1. The van der Waals surface area contributed by atoms with Gasteiger partial charge in [0.1, 0.15) is 6.67 Å². The number of alkyl halides is 1. The number of rotatable bonds is 8. The van der Waals surface area contributed by atoms with E-state index < -0.39 is 27.7 Å². The number of sulfone groups is 1. The van der Waals surface area contributed by atoms with E-state index in [1.165, 1.54) is 0 Å². The van der Waals surface area contributed by atoms with Crippen molar-refractivity contribution in [3.63, 3.8) is 0 Å². The number of hydrogen-bond donors (Lipinski definition) is 0. The highest BCUT2D eigenvalue weighted by Crippen LogP contribution is 2.34. The summed E-state index contributed by atoms with van der Waals surface area (Å²) in [5, 5.41) is -0.616. The van der Waals surface area contributed by atoms with E-state index in [0.29, 0.717) is 28.7 Å². The molecule has 1 atom stereocenters. The zero-order valence-corrected chi connectivity index (χ0v) is 17.6. The molecule has 2 aromatic rings. The van der Waals surface area contributed by atoms with Crippen molar-refractivity contribution in [3.8, 4) is 11.1 Å². The first-order valence-electron chi connectivity index (χ1n) is 9.45. The molecular weight excluding hydrogens is 379 g/mol. The van der Waals surface area contributed by atoms with Gasteiger partial charge in [-0.2, -0.15) is 0 Å². The van der Waals surface area contributed by atoms with Crippen LogP contribution in [0.25, 0.3) is 11.1 Å². The molecule has 0 heterocycles.